The topological polar surface area (TPSA) is 83.5 Å². The van der Waals surface area contributed by atoms with E-state index in [1.165, 1.54) is 25.3 Å². The van der Waals surface area contributed by atoms with Crippen molar-refractivity contribution in [3.63, 3.8) is 0 Å². The van der Waals surface area contributed by atoms with Crippen LogP contribution < -0.4 is 15.4 Å². The Bertz CT molecular complexity index is 1110. The van der Waals surface area contributed by atoms with Crippen LogP contribution in [0.25, 0.3) is 0 Å². The minimum atomic E-state index is -4.38. The van der Waals surface area contributed by atoms with Gasteiger partial charge in [0.15, 0.2) is 11.6 Å². The van der Waals surface area contributed by atoms with Gasteiger partial charge < -0.3 is 20.5 Å². The molecule has 4 rings (SSSR count). The number of aliphatic hydroxyl groups is 1. The van der Waals surface area contributed by atoms with Crippen molar-refractivity contribution in [1.29, 1.82) is 0 Å². The Kier molecular flexibility index (Phi) is 7.51. The zero-order chi connectivity index (χ0) is 26.1. The maximum Gasteiger partial charge on any atom is 0.393 e. The Labute approximate surface area is 205 Å². The van der Waals surface area contributed by atoms with Crippen molar-refractivity contribution < 1.29 is 36.6 Å². The van der Waals surface area contributed by atoms with E-state index in [0.29, 0.717) is 17.5 Å². The summed E-state index contributed by atoms with van der Waals surface area (Å²) in [5.74, 6) is -2.17. The van der Waals surface area contributed by atoms with Crippen molar-refractivity contribution >= 4 is 5.91 Å². The molecule has 0 saturated heterocycles. The summed E-state index contributed by atoms with van der Waals surface area (Å²) in [6.07, 6.45) is -2.36. The zero-order valence-corrected chi connectivity index (χ0v) is 19.7. The highest BCUT2D eigenvalue weighted by Crippen LogP contribution is 2.48. The first-order valence-corrected chi connectivity index (χ1v) is 11.8. The van der Waals surface area contributed by atoms with Gasteiger partial charge in [-0.1, -0.05) is 6.07 Å². The number of hydrogen-bond donors (Lipinski definition) is 3. The van der Waals surface area contributed by atoms with Crippen molar-refractivity contribution in [2.24, 2.45) is 0 Å². The Hall–Kier alpha value is -2.79. The summed E-state index contributed by atoms with van der Waals surface area (Å²) in [6.45, 7) is 1.26. The van der Waals surface area contributed by atoms with E-state index < -0.39 is 53.9 Å². The number of nitrogens with one attached hydrogen (secondary N) is 2. The highest BCUT2D eigenvalue weighted by Gasteiger charge is 2.46. The third-order valence-corrected chi connectivity index (χ3v) is 6.74. The lowest BCUT2D eigenvalue weighted by Crippen LogP contribution is -2.52. The van der Waals surface area contributed by atoms with Gasteiger partial charge in [0, 0.05) is 37.7 Å². The molecular weight excluding hydrogens is 485 g/mol. The fourth-order valence-electron chi connectivity index (χ4n) is 4.84. The second kappa shape index (κ2) is 10.3. The van der Waals surface area contributed by atoms with E-state index in [9.17, 15) is 31.9 Å². The van der Waals surface area contributed by atoms with Crippen LogP contribution >= 0.6 is 0 Å². The molecular formula is C25H28F5N3O3. The van der Waals surface area contributed by atoms with Gasteiger partial charge in [-0.25, -0.2) is 13.8 Å². The van der Waals surface area contributed by atoms with Crippen molar-refractivity contribution in [3.05, 3.63) is 58.8 Å². The van der Waals surface area contributed by atoms with Crippen LogP contribution in [0.1, 0.15) is 55.3 Å². The van der Waals surface area contributed by atoms with Gasteiger partial charge in [-0.05, 0) is 55.0 Å². The molecule has 3 N–H and O–H groups in total. The molecule has 1 aromatic carbocycles. The number of nitrogens with zero attached hydrogens (tertiary/aromatic N) is 1. The number of carbonyl (C=O) groups is 1. The molecule has 2 aromatic rings. The molecule has 3 atom stereocenters. The molecule has 0 unspecified atom stereocenters. The minimum absolute atomic E-state index is 0.0104. The highest BCUT2D eigenvalue weighted by molar-refractivity contribution is 5.73. The number of benzene rings is 1. The molecule has 1 fully saturated rings. The van der Waals surface area contributed by atoms with Gasteiger partial charge >= 0.3 is 6.18 Å². The first-order chi connectivity index (χ1) is 16.9. The van der Waals surface area contributed by atoms with E-state index in [0.717, 1.165) is 31.4 Å². The Morgan fingerprint density at radius 3 is 2.58 bits per heavy atom. The SMILES string of the molecule is CC(=O)N[C@@H](Cc1ccc(F)c(F)c1)[C@H](O)CN[C@H]1CC2(CCC2)Oc2ncc(CC(F)(F)F)cc21. The van der Waals surface area contributed by atoms with Crippen LogP contribution in [0.5, 0.6) is 5.88 Å². The molecule has 11 heteroatoms. The van der Waals surface area contributed by atoms with Crippen molar-refractivity contribution in [3.8, 4) is 5.88 Å². The van der Waals surface area contributed by atoms with Crippen LogP contribution in [-0.4, -0.2) is 46.5 Å². The molecule has 0 radical (unpaired) electrons. The monoisotopic (exact) mass is 513 g/mol. The van der Waals surface area contributed by atoms with Gasteiger partial charge in [0.1, 0.15) is 5.60 Å². The standard InChI is InChI=1S/C25H28F5N3O3/c1-14(34)33-20(9-15-3-4-18(26)19(27)8-15)22(35)13-31-21-11-24(5-2-6-24)36-23-17(21)7-16(12-32-23)10-25(28,29)30/h3-4,7-8,12,20-22,31,35H,2,5-6,9-11,13H2,1H3,(H,33,34)/t20-,21-,22+/m0/s1. The van der Waals surface area contributed by atoms with Crippen molar-refractivity contribution in [2.75, 3.05) is 6.54 Å². The fourth-order valence-corrected chi connectivity index (χ4v) is 4.84. The number of fused-ring (bicyclic) bond motifs is 1. The molecule has 1 aliphatic heterocycles. The van der Waals surface area contributed by atoms with Crippen LogP contribution in [0.4, 0.5) is 22.0 Å². The molecule has 2 heterocycles. The third-order valence-electron chi connectivity index (χ3n) is 6.74. The largest absolute Gasteiger partial charge is 0.471 e. The fraction of sp³-hybridized carbons (Fsp3) is 0.520. The molecule has 6 nitrogen and oxygen atoms in total. The lowest BCUT2D eigenvalue weighted by molar-refractivity contribution is -0.127. The van der Waals surface area contributed by atoms with Crippen LogP contribution in [-0.2, 0) is 17.6 Å². The number of halogens is 5. The first-order valence-electron chi connectivity index (χ1n) is 11.8. The van der Waals surface area contributed by atoms with E-state index in [1.54, 1.807) is 0 Å². The number of alkyl halides is 3. The highest BCUT2D eigenvalue weighted by atomic mass is 19.4. The molecule has 1 amide bonds. The molecule has 2 aliphatic rings. The van der Waals surface area contributed by atoms with Crippen LogP contribution in [0.3, 0.4) is 0 Å². The zero-order valence-electron chi connectivity index (χ0n) is 19.7. The lowest BCUT2D eigenvalue weighted by Gasteiger charge is -2.47. The lowest BCUT2D eigenvalue weighted by atomic mass is 9.73. The quantitative estimate of drug-likeness (QED) is 0.467. The average molecular weight is 514 g/mol. The molecule has 36 heavy (non-hydrogen) atoms. The van der Waals surface area contributed by atoms with E-state index >= 15 is 0 Å². The maximum absolute atomic E-state index is 13.6. The van der Waals surface area contributed by atoms with Gasteiger partial charge in [0.25, 0.3) is 0 Å². The van der Waals surface area contributed by atoms with Crippen LogP contribution in [0, 0.1) is 11.6 Å². The van der Waals surface area contributed by atoms with E-state index in [4.69, 9.17) is 4.74 Å². The van der Waals surface area contributed by atoms with E-state index in [2.05, 4.69) is 15.6 Å². The minimum Gasteiger partial charge on any atom is -0.471 e. The van der Waals surface area contributed by atoms with Gasteiger partial charge in [0.05, 0.1) is 18.6 Å². The first kappa shape index (κ1) is 26.3. The number of hydrogen-bond acceptors (Lipinski definition) is 5. The maximum atomic E-state index is 13.6. The summed E-state index contributed by atoms with van der Waals surface area (Å²) in [6, 6.07) is 3.54. The van der Waals surface area contributed by atoms with Crippen LogP contribution in [0.15, 0.2) is 30.5 Å². The normalized spacial score (nSPS) is 20.1. The number of rotatable bonds is 8. The second-order valence-corrected chi connectivity index (χ2v) is 9.66. The molecule has 1 saturated carbocycles. The third kappa shape index (κ3) is 6.31. The Morgan fingerprint density at radius 2 is 1.97 bits per heavy atom. The summed E-state index contributed by atoms with van der Waals surface area (Å²) in [7, 11) is 0. The summed E-state index contributed by atoms with van der Waals surface area (Å²) >= 11 is 0. The van der Waals surface area contributed by atoms with Gasteiger partial charge in [-0.3, -0.25) is 4.79 Å². The van der Waals surface area contributed by atoms with Crippen LogP contribution in [0.2, 0.25) is 0 Å². The Balaban J connectivity index is 1.50. The molecule has 0 bridgehead atoms. The number of aliphatic hydroxyl groups excluding tert-OH is 1. The van der Waals surface area contributed by atoms with E-state index in [1.807, 2.05) is 0 Å². The molecule has 196 valence electrons. The number of amides is 1. The molecule has 1 spiro atoms. The van der Waals surface area contributed by atoms with Gasteiger partial charge in [-0.2, -0.15) is 13.2 Å². The van der Waals surface area contributed by atoms with Gasteiger partial charge in [-0.15, -0.1) is 0 Å². The second-order valence-electron chi connectivity index (χ2n) is 9.66. The average Bonchev–Trinajstić information content (AvgIpc) is 2.76. The van der Waals surface area contributed by atoms with E-state index in [-0.39, 0.29) is 24.4 Å². The summed E-state index contributed by atoms with van der Waals surface area (Å²) in [5.41, 5.74) is 0.434. The number of carbonyl (C=O) groups excluding carboxylic acids is 1. The summed E-state index contributed by atoms with van der Waals surface area (Å²) in [5, 5.41) is 16.7. The molecule has 1 aromatic heterocycles. The number of aromatic nitrogens is 1. The number of ether oxygens (including phenoxy) is 1. The van der Waals surface area contributed by atoms with Crippen molar-refractivity contribution in [1.82, 2.24) is 15.6 Å². The number of pyridine rings is 1. The smallest absolute Gasteiger partial charge is 0.393 e. The van der Waals surface area contributed by atoms with Crippen molar-refractivity contribution in [2.45, 2.75) is 75.4 Å². The molecule has 1 aliphatic carbocycles. The predicted octanol–water partition coefficient (Wildman–Crippen LogP) is 3.91. The Morgan fingerprint density at radius 1 is 1.22 bits per heavy atom. The predicted molar refractivity (Wildman–Crippen MR) is 120 cm³/mol. The summed E-state index contributed by atoms with van der Waals surface area (Å²) in [4.78, 5) is 15.9. The van der Waals surface area contributed by atoms with Gasteiger partial charge in [0.2, 0.25) is 11.8 Å². The summed E-state index contributed by atoms with van der Waals surface area (Å²) < 4.78 is 71.8.